The van der Waals surface area contributed by atoms with Gasteiger partial charge < -0.3 is 0 Å². The van der Waals surface area contributed by atoms with Gasteiger partial charge in [0.05, 0.1) is 21.1 Å². The quantitative estimate of drug-likeness (QED) is 0.212. The number of halogens is 1. The molecule has 0 saturated carbocycles. The SMILES string of the molecule is CC1(C)c2ssc(=S)c2-c2ccccc2N1C(=O)c1sc2ccccc2c1Cl. The monoisotopic (exact) mass is 459 g/mol. The number of rotatable bonds is 1. The van der Waals surface area contributed by atoms with E-state index in [4.69, 9.17) is 23.8 Å². The molecule has 1 aliphatic rings. The van der Waals surface area contributed by atoms with Crippen molar-refractivity contribution in [3.05, 3.63) is 67.1 Å². The van der Waals surface area contributed by atoms with E-state index in [9.17, 15) is 4.79 Å². The van der Waals surface area contributed by atoms with Crippen molar-refractivity contribution < 1.29 is 4.79 Å². The molecule has 0 atom stereocenters. The Bertz CT molecular complexity index is 1310. The second kappa shape index (κ2) is 6.47. The van der Waals surface area contributed by atoms with Crippen LogP contribution in [0.5, 0.6) is 0 Å². The maximum atomic E-state index is 13.8. The Morgan fingerprint density at radius 3 is 2.57 bits per heavy atom. The Kier molecular flexibility index (Phi) is 4.27. The summed E-state index contributed by atoms with van der Waals surface area (Å²) in [5.74, 6) is -0.0707. The van der Waals surface area contributed by atoms with E-state index in [1.165, 1.54) is 11.3 Å². The van der Waals surface area contributed by atoms with Gasteiger partial charge in [-0.1, -0.05) is 80.9 Å². The van der Waals surface area contributed by atoms with Crippen LogP contribution in [0.25, 0.3) is 21.2 Å². The smallest absolute Gasteiger partial charge is 0.270 e. The van der Waals surface area contributed by atoms with Gasteiger partial charge in [-0.15, -0.1) is 11.3 Å². The van der Waals surface area contributed by atoms with Gasteiger partial charge in [0.1, 0.15) is 8.70 Å². The number of amides is 1. The van der Waals surface area contributed by atoms with E-state index >= 15 is 0 Å². The molecule has 7 heteroatoms. The molecule has 140 valence electrons. The van der Waals surface area contributed by atoms with Crippen LogP contribution in [0, 0.1) is 3.82 Å². The summed E-state index contributed by atoms with van der Waals surface area (Å²) in [5, 5.41) is 1.45. The average Bonchev–Trinajstić information content (AvgIpc) is 3.23. The van der Waals surface area contributed by atoms with Crippen molar-refractivity contribution in [3.8, 4) is 11.1 Å². The van der Waals surface area contributed by atoms with Crippen molar-refractivity contribution in [1.29, 1.82) is 0 Å². The molecular weight excluding hydrogens is 446 g/mol. The van der Waals surface area contributed by atoms with Crippen LogP contribution in [0.4, 0.5) is 5.69 Å². The van der Waals surface area contributed by atoms with Crippen LogP contribution >= 0.6 is 55.8 Å². The van der Waals surface area contributed by atoms with Crippen molar-refractivity contribution in [1.82, 2.24) is 0 Å². The van der Waals surface area contributed by atoms with E-state index in [-0.39, 0.29) is 5.91 Å². The summed E-state index contributed by atoms with van der Waals surface area (Å²) in [6.07, 6.45) is 0. The third-order valence-corrected chi connectivity index (χ3v) is 10.1. The van der Waals surface area contributed by atoms with Crippen LogP contribution in [0.3, 0.4) is 0 Å². The summed E-state index contributed by atoms with van der Waals surface area (Å²) in [6.45, 7) is 4.16. The first kappa shape index (κ1) is 18.5. The average molecular weight is 460 g/mol. The van der Waals surface area contributed by atoms with Gasteiger partial charge >= 0.3 is 0 Å². The molecule has 5 rings (SSSR count). The normalized spacial score (nSPS) is 14.8. The number of fused-ring (bicyclic) bond motifs is 4. The first-order valence-corrected chi connectivity index (χ1v) is 12.4. The molecule has 0 unspecified atom stereocenters. The number of para-hydroxylation sites is 1. The summed E-state index contributed by atoms with van der Waals surface area (Å²) >= 11 is 13.7. The molecule has 4 aromatic rings. The summed E-state index contributed by atoms with van der Waals surface area (Å²) < 4.78 is 1.90. The maximum Gasteiger partial charge on any atom is 0.270 e. The zero-order valence-electron chi connectivity index (χ0n) is 15.0. The molecule has 0 saturated heterocycles. The van der Waals surface area contributed by atoms with E-state index in [0.717, 1.165) is 35.6 Å². The van der Waals surface area contributed by atoms with Gasteiger partial charge in [-0.25, -0.2) is 0 Å². The number of hydrogen-bond donors (Lipinski definition) is 0. The minimum Gasteiger partial charge on any atom is -0.296 e. The second-order valence-electron chi connectivity index (χ2n) is 7.12. The summed E-state index contributed by atoms with van der Waals surface area (Å²) in [7, 11) is 3.26. The molecule has 3 heterocycles. The zero-order chi connectivity index (χ0) is 19.6. The minimum absolute atomic E-state index is 0.0707. The number of benzene rings is 2. The second-order valence-corrected chi connectivity index (χ2v) is 11.4. The van der Waals surface area contributed by atoms with E-state index in [2.05, 4.69) is 13.8 Å². The first-order valence-electron chi connectivity index (χ1n) is 8.66. The molecule has 0 aliphatic carbocycles. The number of carbonyl (C=O) groups is 1. The lowest BCUT2D eigenvalue weighted by Crippen LogP contribution is -2.47. The van der Waals surface area contributed by atoms with Gasteiger partial charge in [-0.2, -0.15) is 0 Å². The number of thiophene rings is 1. The van der Waals surface area contributed by atoms with Gasteiger partial charge in [0, 0.05) is 21.2 Å². The summed E-state index contributed by atoms with van der Waals surface area (Å²) in [6, 6.07) is 15.9. The van der Waals surface area contributed by atoms with E-state index in [1.54, 1.807) is 20.7 Å². The lowest BCUT2D eigenvalue weighted by Gasteiger charge is -2.42. The maximum absolute atomic E-state index is 13.8. The van der Waals surface area contributed by atoms with E-state index in [1.807, 2.05) is 53.4 Å². The van der Waals surface area contributed by atoms with Gasteiger partial charge in [0.25, 0.3) is 5.91 Å². The number of hydrogen-bond acceptors (Lipinski definition) is 5. The number of anilines is 1. The standard InChI is InChI=1S/C21H14ClNOS4/c1-21(2)18-15(20(25)28-27-18)11-7-3-5-9-13(11)23(21)19(24)17-16(22)12-8-4-6-10-14(12)26-17/h3-10H,1-2H3. The molecule has 2 aromatic carbocycles. The Morgan fingerprint density at radius 2 is 1.79 bits per heavy atom. The molecular formula is C21H14ClNOS4. The molecule has 0 N–H and O–H groups in total. The van der Waals surface area contributed by atoms with Crippen molar-refractivity contribution in [3.63, 3.8) is 0 Å². The Hall–Kier alpha value is -1.57. The Labute approximate surface area is 184 Å². The topological polar surface area (TPSA) is 20.3 Å². The van der Waals surface area contributed by atoms with Gasteiger partial charge in [0.2, 0.25) is 0 Å². The number of carbonyl (C=O) groups excluding carboxylic acids is 1. The highest BCUT2D eigenvalue weighted by molar-refractivity contribution is 7.80. The molecule has 0 bridgehead atoms. The highest BCUT2D eigenvalue weighted by atomic mass is 35.5. The molecule has 1 aliphatic heterocycles. The predicted molar refractivity (Wildman–Crippen MR) is 125 cm³/mol. The molecule has 28 heavy (non-hydrogen) atoms. The van der Waals surface area contributed by atoms with Gasteiger partial charge in [-0.05, 0) is 26.0 Å². The highest BCUT2D eigenvalue weighted by Gasteiger charge is 2.44. The fourth-order valence-corrected chi connectivity index (χ4v) is 8.52. The predicted octanol–water partition coefficient (Wildman–Crippen LogP) is 7.97. The van der Waals surface area contributed by atoms with Crippen molar-refractivity contribution in [2.45, 2.75) is 19.4 Å². The highest BCUT2D eigenvalue weighted by Crippen LogP contribution is 2.53. The molecule has 0 radical (unpaired) electrons. The molecule has 0 spiro atoms. The van der Waals surface area contributed by atoms with Crippen LogP contribution in [0.2, 0.25) is 5.02 Å². The van der Waals surface area contributed by atoms with Crippen LogP contribution in [0.15, 0.2) is 48.5 Å². The van der Waals surface area contributed by atoms with Crippen molar-refractivity contribution >= 4 is 77.5 Å². The minimum atomic E-state index is -0.515. The van der Waals surface area contributed by atoms with Crippen LogP contribution in [0.1, 0.15) is 28.4 Å². The van der Waals surface area contributed by atoms with E-state index < -0.39 is 5.54 Å². The fraction of sp³-hybridized carbons (Fsp3) is 0.143. The Morgan fingerprint density at radius 1 is 1.07 bits per heavy atom. The van der Waals surface area contributed by atoms with Crippen molar-refractivity contribution in [2.24, 2.45) is 0 Å². The third-order valence-electron chi connectivity index (χ3n) is 5.09. The van der Waals surface area contributed by atoms with E-state index in [0.29, 0.717) is 9.90 Å². The first-order chi connectivity index (χ1) is 13.4. The largest absolute Gasteiger partial charge is 0.296 e. The van der Waals surface area contributed by atoms with Crippen LogP contribution in [-0.2, 0) is 5.54 Å². The fourth-order valence-electron chi connectivity index (χ4n) is 3.79. The third kappa shape index (κ3) is 2.49. The summed E-state index contributed by atoms with van der Waals surface area (Å²) in [4.78, 5) is 17.4. The molecule has 2 aromatic heterocycles. The molecule has 0 fully saturated rings. The van der Waals surface area contributed by atoms with Crippen LogP contribution in [-0.4, -0.2) is 5.91 Å². The Balaban J connectivity index is 1.76. The summed E-state index contributed by atoms with van der Waals surface area (Å²) in [5.41, 5.74) is 2.48. The molecule has 2 nitrogen and oxygen atoms in total. The molecule has 1 amide bonds. The van der Waals surface area contributed by atoms with Crippen molar-refractivity contribution in [2.75, 3.05) is 4.90 Å². The lowest BCUT2D eigenvalue weighted by atomic mass is 9.87. The lowest BCUT2D eigenvalue weighted by molar-refractivity contribution is 0.0966. The number of nitrogens with zero attached hydrogens (tertiary/aromatic N) is 1. The van der Waals surface area contributed by atoms with Crippen LogP contribution < -0.4 is 4.90 Å². The van der Waals surface area contributed by atoms with Gasteiger partial charge in [-0.3, -0.25) is 9.69 Å². The van der Waals surface area contributed by atoms with Gasteiger partial charge in [0.15, 0.2) is 0 Å². The zero-order valence-corrected chi connectivity index (χ0v) is 19.0.